The Morgan fingerprint density at radius 1 is 0.236 bits per heavy atom. The molecule has 0 aliphatic heterocycles. The van der Waals surface area contributed by atoms with E-state index in [2.05, 4.69) is 188 Å². The van der Waals surface area contributed by atoms with Crippen molar-refractivity contribution in [3.63, 3.8) is 0 Å². The molecule has 0 unspecified atom stereocenters. The van der Waals surface area contributed by atoms with Crippen LogP contribution in [0.15, 0.2) is 200 Å². The maximum absolute atomic E-state index is 5.30. The van der Waals surface area contributed by atoms with Gasteiger partial charge < -0.3 is 0 Å². The minimum Gasteiger partial charge on any atom is -0.208 e. The highest BCUT2D eigenvalue weighted by atomic mass is 15.0. The summed E-state index contributed by atoms with van der Waals surface area (Å²) >= 11 is 0. The molecule has 0 N–H and O–H groups in total. The fraction of sp³-hybridized carbons (Fsp3) is 0.0192. The average Bonchev–Trinajstić information content (AvgIpc) is 3.75. The van der Waals surface area contributed by atoms with Crippen LogP contribution in [0.2, 0.25) is 0 Å². The first-order valence-electron chi connectivity index (χ1n) is 18.8. The van der Waals surface area contributed by atoms with Crippen LogP contribution in [0.1, 0.15) is 22.3 Å². The highest BCUT2D eigenvalue weighted by Crippen LogP contribution is 2.63. The van der Waals surface area contributed by atoms with Crippen LogP contribution in [0.25, 0.3) is 78.7 Å². The van der Waals surface area contributed by atoms with E-state index in [4.69, 9.17) is 15.0 Å². The van der Waals surface area contributed by atoms with Gasteiger partial charge in [0.2, 0.25) is 0 Å². The van der Waals surface area contributed by atoms with E-state index in [9.17, 15) is 0 Å². The van der Waals surface area contributed by atoms with E-state index in [0.717, 1.165) is 27.8 Å². The first kappa shape index (κ1) is 31.3. The van der Waals surface area contributed by atoms with Crippen LogP contribution < -0.4 is 0 Å². The molecule has 0 radical (unpaired) electrons. The second kappa shape index (κ2) is 12.4. The molecule has 1 spiro atoms. The molecule has 0 fully saturated rings. The highest BCUT2D eigenvalue weighted by molar-refractivity contribution is 5.99. The Labute approximate surface area is 320 Å². The third-order valence-electron chi connectivity index (χ3n) is 11.4. The Kier molecular flexibility index (Phi) is 7.08. The van der Waals surface area contributed by atoms with E-state index < -0.39 is 5.41 Å². The average molecular weight is 700 g/mol. The molecular weight excluding hydrogens is 667 g/mol. The summed E-state index contributed by atoms with van der Waals surface area (Å²) in [6.45, 7) is 0. The highest BCUT2D eigenvalue weighted by Gasteiger charge is 2.52. The lowest BCUT2D eigenvalue weighted by Crippen LogP contribution is -2.25. The van der Waals surface area contributed by atoms with Crippen LogP contribution in [0.4, 0.5) is 0 Å². The molecule has 0 saturated carbocycles. The third kappa shape index (κ3) is 4.80. The summed E-state index contributed by atoms with van der Waals surface area (Å²) in [5.41, 5.74) is 17.2. The number of nitrogens with zero attached hydrogens (tertiary/aromatic N) is 3. The van der Waals surface area contributed by atoms with Gasteiger partial charge in [0.05, 0.1) is 5.41 Å². The van der Waals surface area contributed by atoms with Crippen molar-refractivity contribution in [1.29, 1.82) is 0 Å². The van der Waals surface area contributed by atoms with Crippen molar-refractivity contribution in [2.24, 2.45) is 0 Å². The van der Waals surface area contributed by atoms with Gasteiger partial charge in [-0.15, -0.1) is 0 Å². The van der Waals surface area contributed by atoms with Crippen molar-refractivity contribution in [2.45, 2.75) is 5.41 Å². The molecular formula is C52H33N3. The van der Waals surface area contributed by atoms with Crippen LogP contribution in [-0.2, 0) is 5.41 Å². The van der Waals surface area contributed by atoms with Crippen LogP contribution in [0.5, 0.6) is 0 Å². The van der Waals surface area contributed by atoms with Gasteiger partial charge in [0.15, 0.2) is 17.5 Å². The Balaban J connectivity index is 1.13. The molecule has 256 valence electrons. The smallest absolute Gasteiger partial charge is 0.164 e. The zero-order chi connectivity index (χ0) is 36.3. The summed E-state index contributed by atoms with van der Waals surface area (Å²) in [5, 5.41) is 0. The largest absolute Gasteiger partial charge is 0.208 e. The lowest BCUT2D eigenvalue weighted by atomic mass is 9.70. The predicted octanol–water partition coefficient (Wildman–Crippen LogP) is 12.6. The first-order valence-corrected chi connectivity index (χ1v) is 18.8. The van der Waals surface area contributed by atoms with E-state index in [1.807, 2.05) is 12.1 Å². The van der Waals surface area contributed by atoms with Gasteiger partial charge in [-0.1, -0.05) is 200 Å². The fourth-order valence-corrected chi connectivity index (χ4v) is 8.97. The van der Waals surface area contributed by atoms with Gasteiger partial charge in [-0.05, 0) is 66.8 Å². The van der Waals surface area contributed by atoms with Crippen LogP contribution >= 0.6 is 0 Å². The lowest BCUT2D eigenvalue weighted by Gasteiger charge is -2.30. The number of aromatic nitrogens is 3. The molecule has 2 aliphatic carbocycles. The molecule has 1 heterocycles. The van der Waals surface area contributed by atoms with Crippen molar-refractivity contribution in [2.75, 3.05) is 0 Å². The van der Waals surface area contributed by atoms with Crippen LogP contribution in [0.3, 0.4) is 0 Å². The number of rotatable bonds is 5. The van der Waals surface area contributed by atoms with Crippen LogP contribution in [0, 0.1) is 0 Å². The van der Waals surface area contributed by atoms with Crippen molar-refractivity contribution < 1.29 is 0 Å². The minimum absolute atomic E-state index is 0.450. The molecule has 0 amide bonds. The second-order valence-electron chi connectivity index (χ2n) is 14.3. The molecule has 0 atom stereocenters. The molecule has 1 aromatic heterocycles. The molecule has 8 aromatic carbocycles. The van der Waals surface area contributed by atoms with Crippen molar-refractivity contribution in [1.82, 2.24) is 15.0 Å². The Hall–Kier alpha value is -7.23. The summed E-state index contributed by atoms with van der Waals surface area (Å²) in [4.78, 5) is 15.7. The van der Waals surface area contributed by atoms with Gasteiger partial charge in [0, 0.05) is 16.7 Å². The summed E-state index contributed by atoms with van der Waals surface area (Å²) in [5.74, 6) is 1.94. The molecule has 0 saturated heterocycles. The predicted molar refractivity (Wildman–Crippen MR) is 223 cm³/mol. The Morgan fingerprint density at radius 2 is 0.582 bits per heavy atom. The lowest BCUT2D eigenvalue weighted by molar-refractivity contribution is 0.794. The van der Waals surface area contributed by atoms with Gasteiger partial charge in [-0.2, -0.15) is 0 Å². The molecule has 9 aromatic rings. The SMILES string of the molecule is c1ccc(-c2ccc(-c3nc(-c4ccc(-c5ccccc5)cc4)nc(-c4cccc5c4-c4ccccc4C54c5ccccc5-c5ccccc54)n3)cc2)cc1. The molecule has 11 rings (SSSR count). The van der Waals surface area contributed by atoms with Gasteiger partial charge in [0.1, 0.15) is 0 Å². The van der Waals surface area contributed by atoms with Gasteiger partial charge in [-0.3, -0.25) is 0 Å². The molecule has 3 heteroatoms. The van der Waals surface area contributed by atoms with Crippen molar-refractivity contribution >= 4 is 0 Å². The number of fused-ring (bicyclic) bond motifs is 10. The van der Waals surface area contributed by atoms with Crippen molar-refractivity contribution in [3.8, 4) is 78.7 Å². The molecule has 3 nitrogen and oxygen atoms in total. The van der Waals surface area contributed by atoms with Gasteiger partial charge >= 0.3 is 0 Å². The molecule has 55 heavy (non-hydrogen) atoms. The van der Waals surface area contributed by atoms with Gasteiger partial charge in [-0.25, -0.2) is 15.0 Å². The number of benzene rings is 8. The van der Waals surface area contributed by atoms with E-state index in [-0.39, 0.29) is 0 Å². The summed E-state index contributed by atoms with van der Waals surface area (Å²) in [7, 11) is 0. The molecule has 2 aliphatic rings. The summed E-state index contributed by atoms with van der Waals surface area (Å²) < 4.78 is 0. The standard InChI is InChI=1S/C52H33N3/c1-3-14-34(15-4-1)36-26-30-38(31-27-36)49-53-50(39-32-28-37(29-33-39)35-16-5-2-6-17-35)55-51(54-49)43-21-13-25-47-48(43)42-20-9-12-24-46(42)52(47)44-22-10-7-18-40(44)41-19-8-11-23-45(41)52/h1-33H. The minimum atomic E-state index is -0.450. The maximum atomic E-state index is 5.30. The normalized spacial score (nSPS) is 12.9. The second-order valence-corrected chi connectivity index (χ2v) is 14.3. The van der Waals surface area contributed by atoms with Gasteiger partial charge in [0.25, 0.3) is 0 Å². The maximum Gasteiger partial charge on any atom is 0.164 e. The first-order chi connectivity index (χ1) is 27.3. The number of hydrogen-bond acceptors (Lipinski definition) is 3. The monoisotopic (exact) mass is 699 g/mol. The van der Waals surface area contributed by atoms with Crippen LogP contribution in [-0.4, -0.2) is 15.0 Å². The zero-order valence-electron chi connectivity index (χ0n) is 29.9. The Bertz CT molecular complexity index is 2750. The van der Waals surface area contributed by atoms with E-state index >= 15 is 0 Å². The Morgan fingerprint density at radius 3 is 1.09 bits per heavy atom. The summed E-state index contributed by atoms with van der Waals surface area (Å²) in [6.07, 6.45) is 0. The van der Waals surface area contributed by atoms with E-state index in [0.29, 0.717) is 17.5 Å². The van der Waals surface area contributed by atoms with E-state index in [1.54, 1.807) is 0 Å². The molecule has 0 bridgehead atoms. The van der Waals surface area contributed by atoms with E-state index in [1.165, 1.54) is 55.6 Å². The summed E-state index contributed by atoms with van der Waals surface area (Å²) in [6, 6.07) is 71.4. The van der Waals surface area contributed by atoms with Crippen molar-refractivity contribution in [3.05, 3.63) is 222 Å². The zero-order valence-corrected chi connectivity index (χ0v) is 29.9. The third-order valence-corrected chi connectivity index (χ3v) is 11.4. The topological polar surface area (TPSA) is 38.7 Å². The quantitative estimate of drug-likeness (QED) is 0.179. The number of hydrogen-bond donors (Lipinski definition) is 0. The fourth-order valence-electron chi connectivity index (χ4n) is 8.97.